The van der Waals surface area contributed by atoms with E-state index in [1.807, 2.05) is 0 Å². The molecular formula is C17H31. The summed E-state index contributed by atoms with van der Waals surface area (Å²) in [5.41, 5.74) is 0. The van der Waals surface area contributed by atoms with E-state index in [-0.39, 0.29) is 0 Å². The van der Waals surface area contributed by atoms with Gasteiger partial charge in [-0.05, 0) is 51.9 Å². The maximum absolute atomic E-state index is 3.78. The van der Waals surface area contributed by atoms with Crippen LogP contribution in [0.5, 0.6) is 0 Å². The molecule has 0 aromatic rings. The third-order valence-corrected chi connectivity index (χ3v) is 2.97. The molecule has 0 rings (SSSR count). The fraction of sp³-hybridized carbons (Fsp3) is 0.706. The van der Waals surface area contributed by atoms with Gasteiger partial charge in [0, 0.05) is 0 Å². The van der Waals surface area contributed by atoms with E-state index < -0.39 is 0 Å². The summed E-state index contributed by atoms with van der Waals surface area (Å²) in [5, 5.41) is 0. The fourth-order valence-electron chi connectivity index (χ4n) is 1.86. The molecule has 0 aliphatic rings. The molecule has 0 spiro atoms. The van der Waals surface area contributed by atoms with Gasteiger partial charge >= 0.3 is 0 Å². The molecule has 1 radical (unpaired) electrons. The summed E-state index contributed by atoms with van der Waals surface area (Å²) in [6, 6.07) is 0. The SMILES string of the molecule is [CH2]C/C=C/CCCC/C=C/CCCCCCC. The summed E-state index contributed by atoms with van der Waals surface area (Å²) in [6.45, 7) is 6.05. The van der Waals surface area contributed by atoms with E-state index in [2.05, 4.69) is 38.2 Å². The first-order chi connectivity index (χ1) is 8.41. The molecule has 0 nitrogen and oxygen atoms in total. The zero-order valence-electron chi connectivity index (χ0n) is 11.8. The fourth-order valence-corrected chi connectivity index (χ4v) is 1.86. The molecule has 0 unspecified atom stereocenters. The molecule has 0 heterocycles. The van der Waals surface area contributed by atoms with Gasteiger partial charge in [0.05, 0.1) is 0 Å². The minimum absolute atomic E-state index is 0.929. The third-order valence-electron chi connectivity index (χ3n) is 2.97. The first-order valence-electron chi connectivity index (χ1n) is 7.51. The number of unbranched alkanes of at least 4 members (excludes halogenated alkanes) is 8. The molecule has 0 saturated heterocycles. The summed E-state index contributed by atoms with van der Waals surface area (Å²) in [7, 11) is 0. The van der Waals surface area contributed by atoms with E-state index >= 15 is 0 Å². The molecule has 0 fully saturated rings. The molecule has 0 aliphatic heterocycles. The molecule has 0 saturated carbocycles. The van der Waals surface area contributed by atoms with Crippen molar-refractivity contribution in [2.24, 2.45) is 0 Å². The normalized spacial score (nSPS) is 11.9. The van der Waals surface area contributed by atoms with Gasteiger partial charge in [0.25, 0.3) is 0 Å². The highest BCUT2D eigenvalue weighted by Gasteiger charge is 1.87. The van der Waals surface area contributed by atoms with E-state index in [0.717, 1.165) is 6.42 Å². The summed E-state index contributed by atoms with van der Waals surface area (Å²) >= 11 is 0. The Morgan fingerprint density at radius 3 is 1.65 bits per heavy atom. The second-order valence-corrected chi connectivity index (χ2v) is 4.72. The Balaban J connectivity index is 3.07. The first kappa shape index (κ1) is 16.5. The first-order valence-corrected chi connectivity index (χ1v) is 7.51. The highest BCUT2D eigenvalue weighted by molar-refractivity contribution is 4.84. The number of allylic oxidation sites excluding steroid dienone is 4. The second kappa shape index (κ2) is 15.5. The van der Waals surface area contributed by atoms with Gasteiger partial charge < -0.3 is 0 Å². The average Bonchev–Trinajstić information content (AvgIpc) is 2.35. The standard InChI is InChI=1S/C17H31/c1-3-5-7-9-11-13-15-17-16-14-12-10-8-6-4-2/h5,7,16-17H,1,3-4,6,8-15H2,2H3/b7-5+,17-16+. The lowest BCUT2D eigenvalue weighted by molar-refractivity contribution is 0.636. The number of rotatable bonds is 12. The monoisotopic (exact) mass is 235 g/mol. The Bertz CT molecular complexity index is 176. The maximum Gasteiger partial charge on any atom is -0.0351 e. The van der Waals surface area contributed by atoms with Crippen LogP contribution in [0.15, 0.2) is 24.3 Å². The lowest BCUT2D eigenvalue weighted by Crippen LogP contribution is -1.76. The van der Waals surface area contributed by atoms with E-state index in [0.29, 0.717) is 0 Å². The van der Waals surface area contributed by atoms with Crippen molar-refractivity contribution in [3.63, 3.8) is 0 Å². The Morgan fingerprint density at radius 2 is 1.12 bits per heavy atom. The molecule has 0 bridgehead atoms. The van der Waals surface area contributed by atoms with Crippen molar-refractivity contribution in [1.29, 1.82) is 0 Å². The van der Waals surface area contributed by atoms with Gasteiger partial charge in [0.1, 0.15) is 0 Å². The van der Waals surface area contributed by atoms with Gasteiger partial charge in [-0.1, -0.05) is 56.9 Å². The molecule has 0 amide bonds. The zero-order valence-corrected chi connectivity index (χ0v) is 11.8. The Hall–Kier alpha value is -0.520. The van der Waals surface area contributed by atoms with Crippen LogP contribution in [0, 0.1) is 6.92 Å². The minimum Gasteiger partial charge on any atom is -0.0885 e. The molecule has 0 aromatic heterocycles. The van der Waals surface area contributed by atoms with Crippen LogP contribution in [-0.2, 0) is 0 Å². The second-order valence-electron chi connectivity index (χ2n) is 4.72. The van der Waals surface area contributed by atoms with Crippen molar-refractivity contribution in [1.82, 2.24) is 0 Å². The summed E-state index contributed by atoms with van der Waals surface area (Å²) in [5.74, 6) is 0. The smallest absolute Gasteiger partial charge is 0.0351 e. The predicted octanol–water partition coefficient (Wildman–Crippen LogP) is 6.24. The Morgan fingerprint density at radius 1 is 0.647 bits per heavy atom. The van der Waals surface area contributed by atoms with Crippen LogP contribution in [0.1, 0.15) is 77.6 Å². The van der Waals surface area contributed by atoms with Crippen molar-refractivity contribution in [3.05, 3.63) is 31.2 Å². The van der Waals surface area contributed by atoms with Crippen LogP contribution in [-0.4, -0.2) is 0 Å². The number of hydrogen-bond donors (Lipinski definition) is 0. The molecule has 17 heavy (non-hydrogen) atoms. The highest BCUT2D eigenvalue weighted by Crippen LogP contribution is 2.07. The van der Waals surface area contributed by atoms with Gasteiger partial charge in [0.2, 0.25) is 0 Å². The van der Waals surface area contributed by atoms with Gasteiger partial charge in [0.15, 0.2) is 0 Å². The molecule has 0 aromatic carbocycles. The molecule has 0 heteroatoms. The molecule has 0 N–H and O–H groups in total. The van der Waals surface area contributed by atoms with Gasteiger partial charge in [-0.3, -0.25) is 0 Å². The van der Waals surface area contributed by atoms with Gasteiger partial charge in [-0.15, -0.1) is 0 Å². The third kappa shape index (κ3) is 15.5. The van der Waals surface area contributed by atoms with Crippen LogP contribution >= 0.6 is 0 Å². The lowest BCUT2D eigenvalue weighted by atomic mass is 10.1. The van der Waals surface area contributed by atoms with E-state index in [1.165, 1.54) is 64.2 Å². The van der Waals surface area contributed by atoms with Crippen molar-refractivity contribution >= 4 is 0 Å². The van der Waals surface area contributed by atoms with Crippen molar-refractivity contribution in [2.75, 3.05) is 0 Å². The van der Waals surface area contributed by atoms with Crippen LogP contribution in [0.4, 0.5) is 0 Å². The van der Waals surface area contributed by atoms with Crippen molar-refractivity contribution in [3.8, 4) is 0 Å². The summed E-state index contributed by atoms with van der Waals surface area (Å²) in [6.07, 6.45) is 23.4. The van der Waals surface area contributed by atoms with Gasteiger partial charge in [-0.25, -0.2) is 0 Å². The lowest BCUT2D eigenvalue weighted by Gasteiger charge is -1.96. The molecule has 0 atom stereocenters. The Labute approximate surface area is 109 Å². The largest absolute Gasteiger partial charge is 0.0885 e. The van der Waals surface area contributed by atoms with E-state index in [9.17, 15) is 0 Å². The van der Waals surface area contributed by atoms with Crippen LogP contribution < -0.4 is 0 Å². The average molecular weight is 235 g/mol. The summed E-state index contributed by atoms with van der Waals surface area (Å²) in [4.78, 5) is 0. The summed E-state index contributed by atoms with van der Waals surface area (Å²) < 4.78 is 0. The minimum atomic E-state index is 0.929. The van der Waals surface area contributed by atoms with Crippen LogP contribution in [0.25, 0.3) is 0 Å². The van der Waals surface area contributed by atoms with E-state index in [4.69, 9.17) is 0 Å². The highest BCUT2D eigenvalue weighted by atomic mass is 13.9. The number of hydrogen-bond acceptors (Lipinski definition) is 0. The van der Waals surface area contributed by atoms with Crippen LogP contribution in [0.3, 0.4) is 0 Å². The van der Waals surface area contributed by atoms with Crippen LogP contribution in [0.2, 0.25) is 0 Å². The molecule has 0 aliphatic carbocycles. The Kier molecular flexibility index (Phi) is 15.0. The zero-order chi connectivity index (χ0) is 12.6. The molecular weight excluding hydrogens is 204 g/mol. The molecule has 99 valence electrons. The predicted molar refractivity (Wildman–Crippen MR) is 80.1 cm³/mol. The topological polar surface area (TPSA) is 0 Å². The maximum atomic E-state index is 3.78. The van der Waals surface area contributed by atoms with Crippen molar-refractivity contribution in [2.45, 2.75) is 77.6 Å². The van der Waals surface area contributed by atoms with Crippen molar-refractivity contribution < 1.29 is 0 Å². The quantitative estimate of drug-likeness (QED) is 0.277. The van der Waals surface area contributed by atoms with Gasteiger partial charge in [-0.2, -0.15) is 0 Å². The van der Waals surface area contributed by atoms with E-state index in [1.54, 1.807) is 0 Å².